The second kappa shape index (κ2) is 15.0. The number of phenols is 1. The van der Waals surface area contributed by atoms with E-state index in [-0.39, 0.29) is 24.1 Å². The maximum absolute atomic E-state index is 14.5. The average Bonchev–Trinajstić information content (AvgIpc) is 3.79. The number of alkyl carbamates (subject to hydrolysis) is 1. The van der Waals surface area contributed by atoms with Crippen molar-refractivity contribution < 1.29 is 33.8 Å². The smallest absolute Gasteiger partial charge is 0.408 e. The zero-order valence-electron chi connectivity index (χ0n) is 28.7. The Morgan fingerprint density at radius 3 is 2.07 bits per heavy atom. The van der Waals surface area contributed by atoms with Gasteiger partial charge in [-0.3, -0.25) is 9.59 Å². The summed E-state index contributed by atoms with van der Waals surface area (Å²) in [6.07, 6.45) is 1.38. The SMILES string of the molecule is CCC(C)C(NC(=O)OC(C)(C)C)C(=O)N(C1CC1)C(C(=O)NC(Cc1ccccc1)C(=O)OC(C)(C)C)c1ccc(O)c(C)c1. The van der Waals surface area contributed by atoms with E-state index in [0.717, 1.165) is 5.56 Å². The minimum atomic E-state index is -1.16. The Morgan fingerprint density at radius 2 is 1.54 bits per heavy atom. The number of rotatable bonds is 12. The number of carbonyl (C=O) groups is 4. The van der Waals surface area contributed by atoms with Crippen molar-refractivity contribution in [3.8, 4) is 5.75 Å². The number of nitrogens with zero attached hydrogens (tertiary/aromatic N) is 1. The molecule has 4 unspecified atom stereocenters. The van der Waals surface area contributed by atoms with Crippen LogP contribution >= 0.6 is 0 Å². The molecular weight excluding hydrogens is 586 g/mol. The molecule has 2 aromatic rings. The first-order chi connectivity index (χ1) is 21.4. The van der Waals surface area contributed by atoms with Gasteiger partial charge in [0, 0.05) is 12.5 Å². The topological polar surface area (TPSA) is 134 Å². The molecule has 0 radical (unpaired) electrons. The fourth-order valence-corrected chi connectivity index (χ4v) is 5.10. The molecule has 0 aliphatic heterocycles. The van der Waals surface area contributed by atoms with E-state index in [0.29, 0.717) is 30.4 Å². The minimum absolute atomic E-state index is 0.0481. The zero-order valence-corrected chi connectivity index (χ0v) is 28.7. The highest BCUT2D eigenvalue weighted by atomic mass is 16.6. The molecule has 0 aromatic heterocycles. The second-order valence-corrected chi connectivity index (χ2v) is 14.2. The van der Waals surface area contributed by atoms with E-state index in [1.54, 1.807) is 60.6 Å². The Hall–Kier alpha value is -4.08. The lowest BCUT2D eigenvalue weighted by atomic mass is 9.94. The molecule has 3 amide bonds. The molecule has 1 fully saturated rings. The Bertz CT molecular complexity index is 1380. The second-order valence-electron chi connectivity index (χ2n) is 14.2. The van der Waals surface area contributed by atoms with Gasteiger partial charge in [0.1, 0.15) is 35.1 Å². The maximum atomic E-state index is 14.5. The van der Waals surface area contributed by atoms with Gasteiger partial charge in [-0.15, -0.1) is 0 Å². The molecule has 1 saturated carbocycles. The molecular formula is C36H51N3O7. The summed E-state index contributed by atoms with van der Waals surface area (Å²) >= 11 is 0. The Kier molecular flexibility index (Phi) is 11.9. The van der Waals surface area contributed by atoms with Gasteiger partial charge in [0.15, 0.2) is 0 Å². The third-order valence-electron chi connectivity index (χ3n) is 7.70. The van der Waals surface area contributed by atoms with E-state index in [9.17, 15) is 24.3 Å². The van der Waals surface area contributed by atoms with Crippen molar-refractivity contribution in [2.24, 2.45) is 5.92 Å². The number of phenolic OH excluding ortho intramolecular Hbond substituents is 1. The van der Waals surface area contributed by atoms with Crippen LogP contribution in [0.4, 0.5) is 4.79 Å². The number of hydrogen-bond acceptors (Lipinski definition) is 7. The number of aryl methyl sites for hydroxylation is 1. The van der Waals surface area contributed by atoms with E-state index in [1.807, 2.05) is 44.2 Å². The van der Waals surface area contributed by atoms with Crippen LogP contribution in [-0.2, 0) is 30.3 Å². The quantitative estimate of drug-likeness (QED) is 0.253. The monoisotopic (exact) mass is 637 g/mol. The molecule has 0 bridgehead atoms. The fourth-order valence-electron chi connectivity index (χ4n) is 5.10. The Labute approximate surface area is 273 Å². The summed E-state index contributed by atoms with van der Waals surface area (Å²) < 4.78 is 11.2. The first-order valence-corrected chi connectivity index (χ1v) is 16.1. The normalized spacial score (nSPS) is 15.9. The number of esters is 1. The molecule has 1 aliphatic rings. The highest BCUT2D eigenvalue weighted by Crippen LogP contribution is 2.37. The minimum Gasteiger partial charge on any atom is -0.508 e. The molecule has 4 atom stereocenters. The molecule has 0 spiro atoms. The van der Waals surface area contributed by atoms with Gasteiger partial charge in [0.05, 0.1) is 0 Å². The highest BCUT2D eigenvalue weighted by molar-refractivity contribution is 5.94. The summed E-state index contributed by atoms with van der Waals surface area (Å²) in [6, 6.07) is 10.6. The molecule has 0 heterocycles. The summed E-state index contributed by atoms with van der Waals surface area (Å²) in [4.78, 5) is 56.9. The van der Waals surface area contributed by atoms with Crippen molar-refractivity contribution in [2.45, 2.75) is 123 Å². The molecule has 1 aliphatic carbocycles. The summed E-state index contributed by atoms with van der Waals surface area (Å²) in [6.45, 7) is 16.0. The van der Waals surface area contributed by atoms with Crippen LogP contribution in [0.2, 0.25) is 0 Å². The number of amides is 3. The zero-order chi connectivity index (χ0) is 34.4. The van der Waals surface area contributed by atoms with Crippen molar-refractivity contribution in [1.82, 2.24) is 15.5 Å². The third-order valence-corrected chi connectivity index (χ3v) is 7.70. The van der Waals surface area contributed by atoms with E-state index in [2.05, 4.69) is 10.6 Å². The van der Waals surface area contributed by atoms with E-state index in [1.165, 1.54) is 11.0 Å². The molecule has 3 rings (SSSR count). The number of aromatic hydroxyl groups is 1. The van der Waals surface area contributed by atoms with Crippen LogP contribution in [0.1, 0.15) is 97.4 Å². The average molecular weight is 638 g/mol. The van der Waals surface area contributed by atoms with E-state index in [4.69, 9.17) is 9.47 Å². The van der Waals surface area contributed by atoms with E-state index < -0.39 is 53.2 Å². The molecule has 46 heavy (non-hydrogen) atoms. The number of ether oxygens (including phenoxy) is 2. The summed E-state index contributed by atoms with van der Waals surface area (Å²) in [7, 11) is 0. The standard InChI is InChI=1S/C36H51N3O7/c1-10-22(2)29(38-34(44)46-36(7,8)9)32(42)39(26-17-18-26)30(25-16-19-28(40)23(3)20-25)31(41)37-27(33(43)45-35(4,5)6)21-24-14-12-11-13-15-24/h11-16,19-20,22,26-27,29-30,40H,10,17-18,21H2,1-9H3,(H,37,41)(H,38,44). The van der Waals surface area contributed by atoms with Gasteiger partial charge in [-0.1, -0.05) is 56.7 Å². The van der Waals surface area contributed by atoms with Gasteiger partial charge >= 0.3 is 12.1 Å². The largest absolute Gasteiger partial charge is 0.508 e. The van der Waals surface area contributed by atoms with Gasteiger partial charge < -0.3 is 30.1 Å². The Balaban J connectivity index is 2.07. The molecule has 252 valence electrons. The molecule has 10 nitrogen and oxygen atoms in total. The molecule has 2 aromatic carbocycles. The van der Waals surface area contributed by atoms with E-state index >= 15 is 0 Å². The maximum Gasteiger partial charge on any atom is 0.408 e. The van der Waals surface area contributed by atoms with Crippen LogP contribution in [0.15, 0.2) is 48.5 Å². The van der Waals surface area contributed by atoms with Crippen LogP contribution in [0.5, 0.6) is 5.75 Å². The summed E-state index contributed by atoms with van der Waals surface area (Å²) in [5.74, 6) is -1.83. The van der Waals surface area contributed by atoms with Crippen molar-refractivity contribution in [3.63, 3.8) is 0 Å². The van der Waals surface area contributed by atoms with Gasteiger partial charge in [0.2, 0.25) is 11.8 Å². The van der Waals surface area contributed by atoms with Crippen LogP contribution in [-0.4, -0.2) is 63.2 Å². The lowest BCUT2D eigenvalue weighted by Crippen LogP contribution is -2.57. The van der Waals surface area contributed by atoms with Gasteiger partial charge in [-0.25, -0.2) is 9.59 Å². The third kappa shape index (κ3) is 10.5. The number of benzene rings is 2. The van der Waals surface area contributed by atoms with Crippen LogP contribution in [0.25, 0.3) is 0 Å². The van der Waals surface area contributed by atoms with Crippen molar-refractivity contribution in [2.75, 3.05) is 0 Å². The lowest BCUT2D eigenvalue weighted by molar-refractivity contribution is -0.159. The molecule has 3 N–H and O–H groups in total. The first kappa shape index (κ1) is 36.4. The van der Waals surface area contributed by atoms with Gasteiger partial charge in [-0.05, 0) is 96.0 Å². The predicted molar refractivity (Wildman–Crippen MR) is 176 cm³/mol. The number of hydrogen-bond donors (Lipinski definition) is 3. The summed E-state index contributed by atoms with van der Waals surface area (Å²) in [5.41, 5.74) is 0.249. The highest BCUT2D eigenvalue weighted by Gasteiger charge is 2.46. The lowest BCUT2D eigenvalue weighted by Gasteiger charge is -2.37. The number of carbonyl (C=O) groups excluding carboxylic acids is 4. The first-order valence-electron chi connectivity index (χ1n) is 16.1. The summed E-state index contributed by atoms with van der Waals surface area (Å²) in [5, 5.41) is 16.0. The van der Waals surface area contributed by atoms with Crippen molar-refractivity contribution in [1.29, 1.82) is 0 Å². The molecule has 0 saturated heterocycles. The number of nitrogens with one attached hydrogen (secondary N) is 2. The Morgan fingerprint density at radius 1 is 0.935 bits per heavy atom. The fraction of sp³-hybridized carbons (Fsp3) is 0.556. The predicted octanol–water partition coefficient (Wildman–Crippen LogP) is 5.74. The van der Waals surface area contributed by atoms with Gasteiger partial charge in [0.25, 0.3) is 0 Å². The van der Waals surface area contributed by atoms with Crippen LogP contribution < -0.4 is 10.6 Å². The van der Waals surface area contributed by atoms with Crippen LogP contribution in [0, 0.1) is 12.8 Å². The van der Waals surface area contributed by atoms with Crippen molar-refractivity contribution in [3.05, 3.63) is 65.2 Å². The van der Waals surface area contributed by atoms with Gasteiger partial charge in [-0.2, -0.15) is 0 Å². The van der Waals surface area contributed by atoms with Crippen LogP contribution in [0.3, 0.4) is 0 Å². The molecule has 10 heteroatoms. The van der Waals surface area contributed by atoms with Crippen molar-refractivity contribution >= 4 is 23.9 Å².